The Kier molecular flexibility index (Phi) is 6.58. The third kappa shape index (κ3) is 4.48. The molecule has 1 aliphatic rings. The Hall–Kier alpha value is -1.00. The average molecular weight is 306 g/mol. The monoisotopic (exact) mass is 306 g/mol. The van der Waals surface area contributed by atoms with E-state index in [0.29, 0.717) is 5.92 Å². The third-order valence-electron chi connectivity index (χ3n) is 4.06. The number of amides is 1. The first-order valence-corrected chi connectivity index (χ1v) is 9.11. The van der Waals surface area contributed by atoms with E-state index in [2.05, 4.69) is 17.1 Å². The van der Waals surface area contributed by atoms with E-state index in [1.807, 2.05) is 30.5 Å². The number of hydrogen-bond donors (Lipinski definition) is 1. The van der Waals surface area contributed by atoms with Crippen molar-refractivity contribution in [3.8, 4) is 0 Å². The lowest BCUT2D eigenvalue weighted by Gasteiger charge is -2.30. The quantitative estimate of drug-likeness (QED) is 0.819. The molecule has 4 heteroatoms. The molecule has 2 rings (SSSR count). The van der Waals surface area contributed by atoms with Crippen molar-refractivity contribution in [2.45, 2.75) is 31.1 Å². The van der Waals surface area contributed by atoms with Crippen molar-refractivity contribution in [2.24, 2.45) is 5.92 Å². The van der Waals surface area contributed by atoms with E-state index in [-0.39, 0.29) is 5.91 Å². The van der Waals surface area contributed by atoms with Gasteiger partial charge in [-0.15, -0.1) is 11.8 Å². The molecule has 1 aromatic rings. The van der Waals surface area contributed by atoms with Crippen LogP contribution in [0.3, 0.4) is 0 Å². The summed E-state index contributed by atoms with van der Waals surface area (Å²) in [7, 11) is 0. The van der Waals surface area contributed by atoms with Gasteiger partial charge in [0.2, 0.25) is 0 Å². The van der Waals surface area contributed by atoms with Crippen molar-refractivity contribution in [3.05, 3.63) is 29.8 Å². The summed E-state index contributed by atoms with van der Waals surface area (Å²) in [6.45, 7) is 6.06. The molecule has 1 amide bonds. The summed E-state index contributed by atoms with van der Waals surface area (Å²) in [5.41, 5.74) is 0.854. The number of nitrogens with zero attached hydrogens (tertiary/aromatic N) is 1. The highest BCUT2D eigenvalue weighted by molar-refractivity contribution is 7.98. The number of piperidine rings is 1. The van der Waals surface area contributed by atoms with Crippen molar-refractivity contribution in [1.29, 1.82) is 0 Å². The normalized spacial score (nSPS) is 15.9. The Morgan fingerprint density at radius 3 is 2.71 bits per heavy atom. The highest BCUT2D eigenvalue weighted by Crippen LogP contribution is 2.23. The number of carbonyl (C=O) groups is 1. The number of thioether (sulfide) groups is 1. The van der Waals surface area contributed by atoms with E-state index in [4.69, 9.17) is 0 Å². The van der Waals surface area contributed by atoms with Crippen LogP contribution in [0.5, 0.6) is 0 Å². The molecule has 0 atom stereocenters. The standard InChI is InChI=1S/C17H26N2OS/c1-3-12-19(13-14-8-10-18-11-9-14)17(20)15-6-4-5-7-16(15)21-2/h4-7,14,18H,3,8-13H2,1-2H3. The van der Waals surface area contributed by atoms with Crippen molar-refractivity contribution in [3.63, 3.8) is 0 Å². The maximum Gasteiger partial charge on any atom is 0.254 e. The van der Waals surface area contributed by atoms with Crippen LogP contribution in [-0.2, 0) is 0 Å². The highest BCUT2D eigenvalue weighted by atomic mass is 32.2. The lowest BCUT2D eigenvalue weighted by molar-refractivity contribution is 0.0713. The molecule has 21 heavy (non-hydrogen) atoms. The Bertz CT molecular complexity index is 458. The first-order valence-electron chi connectivity index (χ1n) is 7.89. The van der Waals surface area contributed by atoms with Crippen molar-refractivity contribution in [1.82, 2.24) is 10.2 Å². The van der Waals surface area contributed by atoms with Crippen molar-refractivity contribution in [2.75, 3.05) is 32.4 Å². The van der Waals surface area contributed by atoms with Gasteiger partial charge in [-0.3, -0.25) is 4.79 Å². The molecular formula is C17H26N2OS. The van der Waals surface area contributed by atoms with Gasteiger partial charge >= 0.3 is 0 Å². The molecule has 1 N–H and O–H groups in total. The van der Waals surface area contributed by atoms with Gasteiger partial charge in [-0.05, 0) is 56.7 Å². The van der Waals surface area contributed by atoms with Crippen molar-refractivity contribution < 1.29 is 4.79 Å². The maximum absolute atomic E-state index is 12.9. The Morgan fingerprint density at radius 2 is 2.05 bits per heavy atom. The minimum atomic E-state index is 0.195. The van der Waals surface area contributed by atoms with Crippen LogP contribution < -0.4 is 5.32 Å². The van der Waals surface area contributed by atoms with Crippen molar-refractivity contribution >= 4 is 17.7 Å². The molecule has 0 radical (unpaired) electrons. The van der Waals surface area contributed by atoms with Gasteiger partial charge in [-0.1, -0.05) is 19.1 Å². The summed E-state index contributed by atoms with van der Waals surface area (Å²) in [6, 6.07) is 7.95. The minimum absolute atomic E-state index is 0.195. The lowest BCUT2D eigenvalue weighted by Crippen LogP contribution is -2.40. The van der Waals surface area contributed by atoms with E-state index >= 15 is 0 Å². The Morgan fingerprint density at radius 1 is 1.33 bits per heavy atom. The first-order chi connectivity index (χ1) is 10.3. The number of carbonyl (C=O) groups excluding carboxylic acids is 1. The summed E-state index contributed by atoms with van der Waals surface area (Å²) in [5.74, 6) is 0.837. The molecule has 0 unspecified atom stereocenters. The smallest absolute Gasteiger partial charge is 0.254 e. The highest BCUT2D eigenvalue weighted by Gasteiger charge is 2.22. The number of nitrogens with one attached hydrogen (secondary N) is 1. The summed E-state index contributed by atoms with van der Waals surface area (Å²) < 4.78 is 0. The predicted octanol–water partition coefficient (Wildman–Crippen LogP) is 3.26. The van der Waals surface area contributed by atoms with Crippen LogP contribution in [0.15, 0.2) is 29.2 Å². The number of benzene rings is 1. The van der Waals surface area contributed by atoms with Crippen LogP contribution in [0.4, 0.5) is 0 Å². The molecule has 1 aromatic carbocycles. The second kappa shape index (κ2) is 8.44. The van der Waals surface area contributed by atoms with Gasteiger partial charge in [-0.25, -0.2) is 0 Å². The van der Waals surface area contributed by atoms with Crippen LogP contribution in [0.2, 0.25) is 0 Å². The topological polar surface area (TPSA) is 32.3 Å². The molecular weight excluding hydrogens is 280 g/mol. The van der Waals surface area contributed by atoms with Crippen LogP contribution in [0, 0.1) is 5.92 Å². The SMILES string of the molecule is CCCN(CC1CCNCC1)C(=O)c1ccccc1SC. The molecule has 1 fully saturated rings. The molecule has 1 aliphatic heterocycles. The summed E-state index contributed by atoms with van der Waals surface area (Å²) in [5, 5.41) is 3.39. The zero-order valence-corrected chi connectivity index (χ0v) is 13.9. The lowest BCUT2D eigenvalue weighted by atomic mass is 9.97. The van der Waals surface area contributed by atoms with E-state index in [1.165, 1.54) is 12.8 Å². The molecule has 0 aliphatic carbocycles. The van der Waals surface area contributed by atoms with Gasteiger partial charge in [0.05, 0.1) is 5.56 Å². The average Bonchev–Trinajstić information content (AvgIpc) is 2.54. The zero-order chi connectivity index (χ0) is 15.1. The van der Waals surface area contributed by atoms with Gasteiger partial charge in [0.25, 0.3) is 5.91 Å². The summed E-state index contributed by atoms with van der Waals surface area (Å²) in [6.07, 6.45) is 5.40. The Balaban J connectivity index is 2.10. The summed E-state index contributed by atoms with van der Waals surface area (Å²) in [4.78, 5) is 16.0. The molecule has 1 saturated heterocycles. The van der Waals surface area contributed by atoms with E-state index in [1.54, 1.807) is 11.8 Å². The van der Waals surface area contributed by atoms with E-state index < -0.39 is 0 Å². The zero-order valence-electron chi connectivity index (χ0n) is 13.1. The van der Waals surface area contributed by atoms with Crippen LogP contribution >= 0.6 is 11.8 Å². The number of hydrogen-bond acceptors (Lipinski definition) is 3. The number of rotatable bonds is 6. The van der Waals surface area contributed by atoms with Gasteiger partial charge in [0.1, 0.15) is 0 Å². The minimum Gasteiger partial charge on any atom is -0.338 e. The van der Waals surface area contributed by atoms with Gasteiger partial charge in [0, 0.05) is 18.0 Å². The Labute approximate surface area is 132 Å². The molecule has 0 bridgehead atoms. The molecule has 1 heterocycles. The van der Waals surface area contributed by atoms with Crippen LogP contribution in [0.25, 0.3) is 0 Å². The maximum atomic E-state index is 12.9. The first kappa shape index (κ1) is 16.4. The molecule has 116 valence electrons. The van der Waals surface area contributed by atoms with E-state index in [0.717, 1.165) is 43.1 Å². The molecule has 0 saturated carbocycles. The second-order valence-electron chi connectivity index (χ2n) is 5.64. The molecule has 0 spiro atoms. The fourth-order valence-electron chi connectivity index (χ4n) is 2.91. The third-order valence-corrected chi connectivity index (χ3v) is 4.85. The summed E-state index contributed by atoms with van der Waals surface area (Å²) >= 11 is 1.65. The van der Waals surface area contributed by atoms with Gasteiger partial charge < -0.3 is 10.2 Å². The second-order valence-corrected chi connectivity index (χ2v) is 6.49. The predicted molar refractivity (Wildman–Crippen MR) is 90.0 cm³/mol. The van der Waals surface area contributed by atoms with Gasteiger partial charge in [-0.2, -0.15) is 0 Å². The molecule has 0 aromatic heterocycles. The van der Waals surface area contributed by atoms with E-state index in [9.17, 15) is 4.79 Å². The fourth-order valence-corrected chi connectivity index (χ4v) is 3.50. The van der Waals surface area contributed by atoms with Crippen LogP contribution in [0.1, 0.15) is 36.5 Å². The van der Waals surface area contributed by atoms with Crippen LogP contribution in [-0.4, -0.2) is 43.2 Å². The molecule has 3 nitrogen and oxygen atoms in total. The van der Waals surface area contributed by atoms with Gasteiger partial charge in [0.15, 0.2) is 0 Å². The fraction of sp³-hybridized carbons (Fsp3) is 0.588. The largest absolute Gasteiger partial charge is 0.338 e.